The molecule has 0 bridgehead atoms. The highest BCUT2D eigenvalue weighted by Gasteiger charge is 2.19. The topological polar surface area (TPSA) is 26.3 Å². The molecule has 0 spiro atoms. The van der Waals surface area contributed by atoms with Gasteiger partial charge in [0.25, 0.3) is 0 Å². The minimum Gasteiger partial charge on any atom is -0.465 e. The Morgan fingerprint density at radius 2 is 0.816 bits per heavy atom. The highest BCUT2D eigenvalue weighted by Crippen LogP contribution is 2.25. The maximum absolute atomic E-state index is 12.4. The number of carbonyl (C=O) groups excluding carboxylic acids is 1. The Hall–Kier alpha value is -0.530. The molecule has 0 aliphatic rings. The summed E-state index contributed by atoms with van der Waals surface area (Å²) in [4.78, 5) is 12.4. The zero-order valence-electron chi connectivity index (χ0n) is 27.0. The molecule has 0 saturated carbocycles. The SMILES string of the molecule is CCCCCCCCCCCCCCCC(=O)OCC(CCCCCCCCCC)C(C)CCCCCC. The van der Waals surface area contributed by atoms with Gasteiger partial charge in [0.1, 0.15) is 0 Å². The van der Waals surface area contributed by atoms with Crippen molar-refractivity contribution >= 4 is 5.97 Å². The number of hydrogen-bond acceptors (Lipinski definition) is 2. The molecule has 2 unspecified atom stereocenters. The Kier molecular flexibility index (Phi) is 30.6. The van der Waals surface area contributed by atoms with Gasteiger partial charge in [0.2, 0.25) is 0 Å². The van der Waals surface area contributed by atoms with E-state index in [-0.39, 0.29) is 5.97 Å². The van der Waals surface area contributed by atoms with Crippen LogP contribution in [0.3, 0.4) is 0 Å². The second-order valence-corrected chi connectivity index (χ2v) is 12.5. The van der Waals surface area contributed by atoms with Crippen molar-refractivity contribution < 1.29 is 9.53 Å². The zero-order valence-corrected chi connectivity index (χ0v) is 27.0. The lowest BCUT2D eigenvalue weighted by Gasteiger charge is -2.24. The van der Waals surface area contributed by atoms with Crippen LogP contribution >= 0.6 is 0 Å². The van der Waals surface area contributed by atoms with Crippen molar-refractivity contribution in [1.82, 2.24) is 0 Å². The van der Waals surface area contributed by atoms with Gasteiger partial charge in [0.05, 0.1) is 6.61 Å². The predicted molar refractivity (Wildman–Crippen MR) is 170 cm³/mol. The van der Waals surface area contributed by atoms with Gasteiger partial charge in [-0.2, -0.15) is 0 Å². The van der Waals surface area contributed by atoms with Crippen LogP contribution in [0.15, 0.2) is 0 Å². The second-order valence-electron chi connectivity index (χ2n) is 12.5. The van der Waals surface area contributed by atoms with Gasteiger partial charge < -0.3 is 4.74 Å². The van der Waals surface area contributed by atoms with Crippen LogP contribution < -0.4 is 0 Å². The third-order valence-corrected chi connectivity index (χ3v) is 8.69. The Labute approximate surface area is 241 Å². The van der Waals surface area contributed by atoms with Gasteiger partial charge in [-0.25, -0.2) is 0 Å². The van der Waals surface area contributed by atoms with Gasteiger partial charge in [-0.3, -0.25) is 4.79 Å². The molecule has 0 heterocycles. The van der Waals surface area contributed by atoms with Crippen molar-refractivity contribution in [1.29, 1.82) is 0 Å². The standard InChI is InChI=1S/C36H72O2/c1-5-8-11-14-16-18-19-20-21-22-24-26-29-32-36(37)38-33-35(34(4)30-27-13-10-7-3)31-28-25-23-17-15-12-9-6-2/h34-35H,5-33H2,1-4H3. The summed E-state index contributed by atoms with van der Waals surface area (Å²) in [5, 5.41) is 0. The van der Waals surface area contributed by atoms with Crippen LogP contribution in [-0.4, -0.2) is 12.6 Å². The van der Waals surface area contributed by atoms with Crippen LogP contribution in [0.2, 0.25) is 0 Å². The van der Waals surface area contributed by atoms with E-state index in [0.29, 0.717) is 24.9 Å². The Morgan fingerprint density at radius 3 is 1.26 bits per heavy atom. The van der Waals surface area contributed by atoms with E-state index < -0.39 is 0 Å². The van der Waals surface area contributed by atoms with Crippen molar-refractivity contribution in [2.75, 3.05) is 6.61 Å². The number of esters is 1. The average molecular weight is 537 g/mol. The molecule has 0 aromatic rings. The van der Waals surface area contributed by atoms with Gasteiger partial charge in [0.15, 0.2) is 0 Å². The summed E-state index contributed by atoms with van der Waals surface area (Å²) < 4.78 is 5.84. The summed E-state index contributed by atoms with van der Waals surface area (Å²) in [6, 6.07) is 0. The van der Waals surface area contributed by atoms with E-state index in [4.69, 9.17) is 4.74 Å². The third kappa shape index (κ3) is 27.1. The van der Waals surface area contributed by atoms with Crippen molar-refractivity contribution in [2.24, 2.45) is 11.8 Å². The van der Waals surface area contributed by atoms with E-state index in [1.54, 1.807) is 0 Å². The number of carbonyl (C=O) groups is 1. The van der Waals surface area contributed by atoms with Gasteiger partial charge in [-0.05, 0) is 24.7 Å². The normalized spacial score (nSPS) is 13.1. The minimum absolute atomic E-state index is 0.0483. The number of unbranched alkanes of at least 4 members (excludes halogenated alkanes) is 22. The van der Waals surface area contributed by atoms with E-state index in [2.05, 4.69) is 27.7 Å². The number of ether oxygens (including phenoxy) is 1. The second kappa shape index (κ2) is 31.0. The van der Waals surface area contributed by atoms with Crippen LogP contribution in [0, 0.1) is 11.8 Å². The van der Waals surface area contributed by atoms with E-state index in [9.17, 15) is 4.79 Å². The monoisotopic (exact) mass is 537 g/mol. The number of hydrogen-bond donors (Lipinski definition) is 0. The highest BCUT2D eigenvalue weighted by atomic mass is 16.5. The lowest BCUT2D eigenvalue weighted by Crippen LogP contribution is -2.21. The molecular weight excluding hydrogens is 464 g/mol. The van der Waals surface area contributed by atoms with Gasteiger partial charge in [-0.15, -0.1) is 0 Å². The molecule has 0 saturated heterocycles. The first kappa shape index (κ1) is 37.5. The van der Waals surface area contributed by atoms with Crippen molar-refractivity contribution in [2.45, 2.75) is 207 Å². The Balaban J connectivity index is 3.95. The van der Waals surface area contributed by atoms with Crippen molar-refractivity contribution in [3.8, 4) is 0 Å². The first-order valence-corrected chi connectivity index (χ1v) is 17.8. The molecule has 2 atom stereocenters. The predicted octanol–water partition coefficient (Wildman–Crippen LogP) is 12.8. The zero-order chi connectivity index (χ0) is 27.9. The summed E-state index contributed by atoms with van der Waals surface area (Å²) in [6.07, 6.45) is 36.9. The molecule has 0 N–H and O–H groups in total. The molecule has 0 rings (SSSR count). The molecule has 0 amide bonds. The lowest BCUT2D eigenvalue weighted by molar-refractivity contribution is -0.145. The van der Waals surface area contributed by atoms with Crippen LogP contribution in [0.25, 0.3) is 0 Å². The molecule has 38 heavy (non-hydrogen) atoms. The fourth-order valence-electron chi connectivity index (χ4n) is 5.76. The van der Waals surface area contributed by atoms with Crippen LogP contribution in [0.5, 0.6) is 0 Å². The molecule has 0 aromatic carbocycles. The highest BCUT2D eigenvalue weighted by molar-refractivity contribution is 5.69. The van der Waals surface area contributed by atoms with Crippen LogP contribution in [-0.2, 0) is 9.53 Å². The van der Waals surface area contributed by atoms with Gasteiger partial charge >= 0.3 is 5.97 Å². The number of rotatable bonds is 31. The molecule has 0 aromatic heterocycles. The van der Waals surface area contributed by atoms with E-state index in [0.717, 1.165) is 6.42 Å². The fraction of sp³-hybridized carbons (Fsp3) is 0.972. The maximum atomic E-state index is 12.4. The molecule has 0 radical (unpaired) electrons. The lowest BCUT2D eigenvalue weighted by atomic mass is 9.85. The molecule has 2 heteroatoms. The summed E-state index contributed by atoms with van der Waals surface area (Å²) in [6.45, 7) is 9.92. The molecular formula is C36H72O2. The van der Waals surface area contributed by atoms with Crippen molar-refractivity contribution in [3.05, 3.63) is 0 Å². The van der Waals surface area contributed by atoms with E-state index in [1.165, 1.54) is 167 Å². The van der Waals surface area contributed by atoms with Crippen LogP contribution in [0.1, 0.15) is 207 Å². The first-order chi connectivity index (χ1) is 18.7. The molecule has 0 aliphatic heterocycles. The summed E-state index contributed by atoms with van der Waals surface area (Å²) >= 11 is 0. The summed E-state index contributed by atoms with van der Waals surface area (Å²) in [5.41, 5.74) is 0. The molecule has 2 nitrogen and oxygen atoms in total. The van der Waals surface area contributed by atoms with Gasteiger partial charge in [-0.1, -0.05) is 188 Å². The smallest absolute Gasteiger partial charge is 0.305 e. The molecule has 228 valence electrons. The maximum Gasteiger partial charge on any atom is 0.305 e. The summed E-state index contributed by atoms with van der Waals surface area (Å²) in [5.74, 6) is 1.26. The third-order valence-electron chi connectivity index (χ3n) is 8.69. The fourth-order valence-corrected chi connectivity index (χ4v) is 5.76. The summed E-state index contributed by atoms with van der Waals surface area (Å²) in [7, 11) is 0. The molecule has 0 aliphatic carbocycles. The van der Waals surface area contributed by atoms with E-state index >= 15 is 0 Å². The largest absolute Gasteiger partial charge is 0.465 e. The Bertz CT molecular complexity index is 460. The quantitative estimate of drug-likeness (QED) is 0.0650. The first-order valence-electron chi connectivity index (χ1n) is 17.8. The van der Waals surface area contributed by atoms with Crippen LogP contribution in [0.4, 0.5) is 0 Å². The van der Waals surface area contributed by atoms with Crippen molar-refractivity contribution in [3.63, 3.8) is 0 Å². The average Bonchev–Trinajstić information content (AvgIpc) is 2.92. The minimum atomic E-state index is 0.0483. The Morgan fingerprint density at radius 1 is 0.474 bits per heavy atom. The molecule has 0 fully saturated rings. The van der Waals surface area contributed by atoms with E-state index in [1.807, 2.05) is 0 Å². The van der Waals surface area contributed by atoms with Gasteiger partial charge in [0, 0.05) is 6.42 Å².